The van der Waals surface area contributed by atoms with Gasteiger partial charge >= 0.3 is 0 Å². The average Bonchev–Trinajstić information content (AvgIpc) is 2.94. The molecule has 0 radical (unpaired) electrons. The van der Waals surface area contributed by atoms with Crippen molar-refractivity contribution in [1.29, 1.82) is 0 Å². The highest BCUT2D eigenvalue weighted by Gasteiger charge is 2.14. The van der Waals surface area contributed by atoms with Gasteiger partial charge < -0.3 is 9.63 Å². The molecule has 1 unspecified atom stereocenters. The highest BCUT2D eigenvalue weighted by atomic mass is 16.5. The summed E-state index contributed by atoms with van der Waals surface area (Å²) in [5.74, 6) is 1.67. The molecule has 2 rings (SSSR count). The van der Waals surface area contributed by atoms with Gasteiger partial charge in [-0.15, -0.1) is 0 Å². The maximum atomic E-state index is 9.13. The first-order chi connectivity index (χ1) is 10.0. The lowest BCUT2D eigenvalue weighted by atomic mass is 10.0. The summed E-state index contributed by atoms with van der Waals surface area (Å²) >= 11 is 0. The molecule has 1 aromatic carbocycles. The Morgan fingerprint density at radius 1 is 1.19 bits per heavy atom. The van der Waals surface area contributed by atoms with E-state index in [2.05, 4.69) is 36.1 Å². The van der Waals surface area contributed by atoms with Crippen molar-refractivity contribution in [1.82, 2.24) is 15.0 Å². The third kappa shape index (κ3) is 3.89. The van der Waals surface area contributed by atoms with Crippen molar-refractivity contribution in [2.24, 2.45) is 0 Å². The van der Waals surface area contributed by atoms with Crippen LogP contribution in [0.3, 0.4) is 0 Å². The van der Waals surface area contributed by atoms with E-state index in [1.165, 1.54) is 5.56 Å². The largest absolute Gasteiger partial charge is 0.395 e. The van der Waals surface area contributed by atoms with E-state index in [0.29, 0.717) is 24.2 Å². The first kappa shape index (κ1) is 15.7. The molecule has 0 saturated carbocycles. The maximum absolute atomic E-state index is 9.13. The molecule has 1 atom stereocenters. The number of likely N-dealkylation sites (N-methyl/N-ethyl adjacent to an activating group) is 1. The van der Waals surface area contributed by atoms with Crippen molar-refractivity contribution in [2.75, 3.05) is 13.7 Å². The summed E-state index contributed by atoms with van der Waals surface area (Å²) in [6.45, 7) is 6.91. The molecular weight excluding hydrogens is 266 g/mol. The summed E-state index contributed by atoms with van der Waals surface area (Å²) < 4.78 is 5.28. The molecule has 114 valence electrons. The van der Waals surface area contributed by atoms with E-state index in [-0.39, 0.29) is 12.6 Å². The molecule has 0 bridgehead atoms. The zero-order valence-electron chi connectivity index (χ0n) is 13.1. The number of aromatic nitrogens is 2. The summed E-state index contributed by atoms with van der Waals surface area (Å²) in [7, 11) is 1.92. The second-order valence-electron chi connectivity index (χ2n) is 5.74. The van der Waals surface area contributed by atoms with Crippen molar-refractivity contribution in [3.8, 4) is 11.4 Å². The molecule has 0 spiro atoms. The molecule has 0 amide bonds. The third-order valence-electron chi connectivity index (χ3n) is 3.70. The molecule has 1 N–H and O–H groups in total. The lowest BCUT2D eigenvalue weighted by Gasteiger charge is -2.20. The minimum atomic E-state index is 0.0608. The van der Waals surface area contributed by atoms with Crippen LogP contribution in [-0.4, -0.2) is 39.8 Å². The molecule has 1 heterocycles. The van der Waals surface area contributed by atoms with Crippen molar-refractivity contribution >= 4 is 0 Å². The van der Waals surface area contributed by atoms with Gasteiger partial charge in [-0.05, 0) is 25.5 Å². The molecule has 0 fully saturated rings. The molecule has 2 aromatic rings. The zero-order chi connectivity index (χ0) is 15.4. The van der Waals surface area contributed by atoms with Gasteiger partial charge in [-0.25, -0.2) is 0 Å². The van der Waals surface area contributed by atoms with Crippen LogP contribution in [0, 0.1) is 0 Å². The fourth-order valence-corrected chi connectivity index (χ4v) is 1.96. The van der Waals surface area contributed by atoms with Crippen LogP contribution in [0.5, 0.6) is 0 Å². The van der Waals surface area contributed by atoms with Gasteiger partial charge in [0, 0.05) is 11.6 Å². The highest BCUT2D eigenvalue weighted by molar-refractivity contribution is 5.54. The number of hydrogen-bond donors (Lipinski definition) is 1. The summed E-state index contributed by atoms with van der Waals surface area (Å²) in [5, 5.41) is 13.2. The Kier molecular flexibility index (Phi) is 5.09. The summed E-state index contributed by atoms with van der Waals surface area (Å²) in [6, 6.07) is 8.28. The number of nitrogens with zero attached hydrogens (tertiary/aromatic N) is 3. The van der Waals surface area contributed by atoms with E-state index in [0.717, 1.165) is 5.56 Å². The number of aliphatic hydroxyl groups excluding tert-OH is 1. The molecule has 5 heteroatoms. The zero-order valence-corrected chi connectivity index (χ0v) is 13.1. The molecular formula is C16H23N3O2. The minimum absolute atomic E-state index is 0.0608. The molecule has 1 aromatic heterocycles. The average molecular weight is 289 g/mol. The van der Waals surface area contributed by atoms with Crippen molar-refractivity contribution in [3.05, 3.63) is 35.7 Å². The van der Waals surface area contributed by atoms with Gasteiger partial charge in [-0.3, -0.25) is 4.90 Å². The Morgan fingerprint density at radius 3 is 2.43 bits per heavy atom. The summed E-state index contributed by atoms with van der Waals surface area (Å²) in [5.41, 5.74) is 2.24. The standard InChI is InChI=1S/C16H23N3O2/c1-11(2)13-5-7-14(8-6-13)16-17-15(21-18-16)9-19(4)12(3)10-20/h5-8,11-12,20H,9-10H2,1-4H3. The van der Waals surface area contributed by atoms with Crippen LogP contribution in [0.1, 0.15) is 38.1 Å². The van der Waals surface area contributed by atoms with Crippen molar-refractivity contribution in [2.45, 2.75) is 39.3 Å². The third-order valence-corrected chi connectivity index (χ3v) is 3.70. The quantitative estimate of drug-likeness (QED) is 0.886. The first-order valence-electron chi connectivity index (χ1n) is 7.25. The van der Waals surface area contributed by atoms with Crippen molar-refractivity contribution in [3.63, 3.8) is 0 Å². The van der Waals surface area contributed by atoms with E-state index < -0.39 is 0 Å². The van der Waals surface area contributed by atoms with Crippen LogP contribution >= 0.6 is 0 Å². The maximum Gasteiger partial charge on any atom is 0.241 e. The normalized spacial score (nSPS) is 13.1. The molecule has 0 aliphatic rings. The lowest BCUT2D eigenvalue weighted by molar-refractivity contribution is 0.142. The van der Waals surface area contributed by atoms with Gasteiger partial charge in [0.05, 0.1) is 13.2 Å². The Bertz CT molecular complexity index is 563. The molecule has 0 saturated heterocycles. The highest BCUT2D eigenvalue weighted by Crippen LogP contribution is 2.20. The predicted molar refractivity (Wildman–Crippen MR) is 81.8 cm³/mol. The van der Waals surface area contributed by atoms with Gasteiger partial charge in [0.2, 0.25) is 11.7 Å². The Balaban J connectivity index is 2.09. The number of hydrogen-bond acceptors (Lipinski definition) is 5. The van der Waals surface area contributed by atoms with E-state index in [1.807, 2.05) is 31.0 Å². The topological polar surface area (TPSA) is 62.4 Å². The van der Waals surface area contributed by atoms with Crippen LogP contribution in [-0.2, 0) is 6.54 Å². The van der Waals surface area contributed by atoms with Gasteiger partial charge in [-0.1, -0.05) is 43.3 Å². The summed E-state index contributed by atoms with van der Waals surface area (Å²) in [6.07, 6.45) is 0. The van der Waals surface area contributed by atoms with Crippen molar-refractivity contribution < 1.29 is 9.63 Å². The van der Waals surface area contributed by atoms with Crippen LogP contribution in [0.4, 0.5) is 0 Å². The van der Waals surface area contributed by atoms with Gasteiger partial charge in [0.1, 0.15) is 0 Å². The Morgan fingerprint density at radius 2 is 1.86 bits per heavy atom. The number of rotatable bonds is 6. The number of benzene rings is 1. The van der Waals surface area contributed by atoms with Crippen LogP contribution in [0.25, 0.3) is 11.4 Å². The van der Waals surface area contributed by atoms with E-state index in [1.54, 1.807) is 0 Å². The van der Waals surface area contributed by atoms with E-state index in [4.69, 9.17) is 9.63 Å². The van der Waals surface area contributed by atoms with Crippen LogP contribution < -0.4 is 0 Å². The SMILES string of the molecule is CC(C)c1ccc(-c2noc(CN(C)C(C)CO)n2)cc1. The van der Waals surface area contributed by atoms with Gasteiger partial charge in [0.25, 0.3) is 0 Å². The Labute approximate surface area is 125 Å². The fourth-order valence-electron chi connectivity index (χ4n) is 1.96. The van der Waals surface area contributed by atoms with E-state index in [9.17, 15) is 0 Å². The molecule has 5 nitrogen and oxygen atoms in total. The molecule has 0 aliphatic heterocycles. The van der Waals surface area contributed by atoms with Gasteiger partial charge in [-0.2, -0.15) is 4.98 Å². The smallest absolute Gasteiger partial charge is 0.241 e. The second kappa shape index (κ2) is 6.83. The minimum Gasteiger partial charge on any atom is -0.395 e. The fraction of sp³-hybridized carbons (Fsp3) is 0.500. The lowest BCUT2D eigenvalue weighted by Crippen LogP contribution is -2.31. The van der Waals surface area contributed by atoms with Crippen LogP contribution in [0.15, 0.2) is 28.8 Å². The summed E-state index contributed by atoms with van der Waals surface area (Å²) in [4.78, 5) is 6.38. The van der Waals surface area contributed by atoms with E-state index >= 15 is 0 Å². The molecule has 0 aliphatic carbocycles. The second-order valence-corrected chi connectivity index (χ2v) is 5.74. The number of aliphatic hydroxyl groups is 1. The first-order valence-corrected chi connectivity index (χ1v) is 7.25. The van der Waals surface area contributed by atoms with Crippen LogP contribution in [0.2, 0.25) is 0 Å². The predicted octanol–water partition coefficient (Wildman–Crippen LogP) is 2.67. The van der Waals surface area contributed by atoms with Gasteiger partial charge in [0.15, 0.2) is 0 Å². The monoisotopic (exact) mass is 289 g/mol. The Hall–Kier alpha value is -1.72. The molecule has 21 heavy (non-hydrogen) atoms.